The smallest absolute Gasteiger partial charge is 0.187 e. The molecule has 0 aliphatic heterocycles. The topological polar surface area (TPSA) is 53.8 Å². The molecule has 110 valence electrons. The summed E-state index contributed by atoms with van der Waals surface area (Å²) in [5.74, 6) is -0.200. The molecule has 23 heavy (non-hydrogen) atoms. The van der Waals surface area contributed by atoms with E-state index in [2.05, 4.69) is 4.98 Å². The summed E-state index contributed by atoms with van der Waals surface area (Å²) in [4.78, 5) is 16.3. The van der Waals surface area contributed by atoms with Crippen molar-refractivity contribution in [1.29, 1.82) is 5.26 Å². The number of benzene rings is 2. The zero-order valence-electron chi connectivity index (χ0n) is 12.0. The zero-order chi connectivity index (χ0) is 16.2. The Kier molecular flexibility index (Phi) is 4.18. The molecule has 0 unspecified atom stereocenters. The van der Waals surface area contributed by atoms with Crippen LogP contribution >= 0.6 is 11.6 Å². The number of hydrogen-bond acceptors (Lipinski definition) is 3. The lowest BCUT2D eigenvalue weighted by Gasteiger charge is -2.01. The van der Waals surface area contributed by atoms with Crippen molar-refractivity contribution in [2.75, 3.05) is 0 Å². The Labute approximate surface area is 138 Å². The fourth-order valence-corrected chi connectivity index (χ4v) is 2.53. The third-order valence-electron chi connectivity index (χ3n) is 3.46. The number of pyridine rings is 1. The van der Waals surface area contributed by atoms with E-state index in [9.17, 15) is 4.79 Å². The summed E-state index contributed by atoms with van der Waals surface area (Å²) in [5, 5.41) is 11.2. The number of aromatic nitrogens is 1. The first-order chi connectivity index (χ1) is 11.2. The molecule has 0 spiro atoms. The number of fused-ring (bicyclic) bond motifs is 1. The molecule has 4 heteroatoms. The summed E-state index contributed by atoms with van der Waals surface area (Å²) >= 11 is 6.05. The lowest BCUT2D eigenvalue weighted by atomic mass is 10.1. The van der Waals surface area contributed by atoms with Crippen LogP contribution < -0.4 is 0 Å². The van der Waals surface area contributed by atoms with Gasteiger partial charge in [0.15, 0.2) is 5.78 Å². The fourth-order valence-electron chi connectivity index (χ4n) is 2.25. The van der Waals surface area contributed by atoms with Crippen LogP contribution in [0.25, 0.3) is 16.8 Å². The number of halogens is 1. The van der Waals surface area contributed by atoms with Gasteiger partial charge in [-0.2, -0.15) is 5.26 Å². The van der Waals surface area contributed by atoms with Gasteiger partial charge in [-0.25, -0.2) is 0 Å². The lowest BCUT2D eigenvalue weighted by molar-refractivity contribution is 0.104. The van der Waals surface area contributed by atoms with E-state index in [1.165, 1.54) is 12.1 Å². The van der Waals surface area contributed by atoms with Crippen LogP contribution in [0.2, 0.25) is 5.02 Å². The van der Waals surface area contributed by atoms with E-state index in [0.29, 0.717) is 11.1 Å². The number of hydrogen-bond donors (Lipinski definition) is 0. The third kappa shape index (κ3) is 3.28. The molecule has 1 aromatic heterocycles. The molecule has 3 aromatic rings. The highest BCUT2D eigenvalue weighted by molar-refractivity contribution is 6.34. The average molecular weight is 319 g/mol. The highest BCUT2D eigenvalue weighted by Gasteiger charge is 2.08. The van der Waals surface area contributed by atoms with E-state index in [-0.39, 0.29) is 10.8 Å². The molecule has 0 amide bonds. The molecule has 0 radical (unpaired) electrons. The van der Waals surface area contributed by atoms with Crippen LogP contribution in [0.4, 0.5) is 0 Å². The molecular formula is C19H11ClN2O. The molecule has 2 aromatic carbocycles. The van der Waals surface area contributed by atoms with Gasteiger partial charge in [0.1, 0.15) is 0 Å². The van der Waals surface area contributed by atoms with Gasteiger partial charge in [-0.3, -0.25) is 9.78 Å². The molecule has 0 saturated carbocycles. The maximum atomic E-state index is 12.2. The first kappa shape index (κ1) is 15.0. The fraction of sp³-hybridized carbons (Fsp3) is 0. The second-order valence-electron chi connectivity index (χ2n) is 4.99. The van der Waals surface area contributed by atoms with Gasteiger partial charge in [0.25, 0.3) is 0 Å². The van der Waals surface area contributed by atoms with Crippen LogP contribution in [-0.4, -0.2) is 10.8 Å². The van der Waals surface area contributed by atoms with Gasteiger partial charge in [-0.05, 0) is 47.4 Å². The Morgan fingerprint density at radius 1 is 1.13 bits per heavy atom. The standard InChI is InChI=1S/C19H11ClN2O/c20-18-10-14(11-21)2-5-17(18)19(23)6-3-13-1-4-16-12-22-8-7-15(16)9-13/h1-10,12H/b6-3+. The van der Waals surface area contributed by atoms with E-state index in [1.54, 1.807) is 30.6 Å². The molecule has 1 heterocycles. The largest absolute Gasteiger partial charge is 0.289 e. The number of allylic oxidation sites excluding steroid dienone is 1. The summed E-state index contributed by atoms with van der Waals surface area (Å²) in [6.07, 6.45) is 6.76. The number of ketones is 1. The van der Waals surface area contributed by atoms with E-state index < -0.39 is 0 Å². The lowest BCUT2D eigenvalue weighted by Crippen LogP contribution is -1.95. The molecule has 0 saturated heterocycles. The van der Waals surface area contributed by atoms with Crippen molar-refractivity contribution in [2.45, 2.75) is 0 Å². The van der Waals surface area contributed by atoms with Gasteiger partial charge in [0, 0.05) is 23.3 Å². The number of carbonyl (C=O) groups is 1. The second kappa shape index (κ2) is 6.43. The third-order valence-corrected chi connectivity index (χ3v) is 3.77. The molecule has 3 nitrogen and oxygen atoms in total. The highest BCUT2D eigenvalue weighted by atomic mass is 35.5. The molecule has 0 aliphatic carbocycles. The van der Waals surface area contributed by atoms with Crippen molar-refractivity contribution in [3.63, 3.8) is 0 Å². The van der Waals surface area contributed by atoms with Crippen molar-refractivity contribution >= 4 is 34.2 Å². The number of rotatable bonds is 3. The molecule has 0 N–H and O–H groups in total. The Balaban J connectivity index is 1.86. The number of nitrogens with zero attached hydrogens (tertiary/aromatic N) is 2. The zero-order valence-corrected chi connectivity index (χ0v) is 12.8. The number of nitriles is 1. The van der Waals surface area contributed by atoms with E-state index >= 15 is 0 Å². The van der Waals surface area contributed by atoms with Gasteiger partial charge >= 0.3 is 0 Å². The van der Waals surface area contributed by atoms with Crippen LogP contribution in [-0.2, 0) is 0 Å². The quantitative estimate of drug-likeness (QED) is 0.521. The van der Waals surface area contributed by atoms with Crippen molar-refractivity contribution in [1.82, 2.24) is 4.98 Å². The van der Waals surface area contributed by atoms with Crippen molar-refractivity contribution in [2.24, 2.45) is 0 Å². The molecule has 3 rings (SSSR count). The molecule has 0 atom stereocenters. The number of carbonyl (C=O) groups excluding carboxylic acids is 1. The minimum atomic E-state index is -0.200. The summed E-state index contributed by atoms with van der Waals surface area (Å²) in [5.41, 5.74) is 1.73. The Bertz CT molecular complexity index is 971. The van der Waals surface area contributed by atoms with Crippen LogP contribution in [0.1, 0.15) is 21.5 Å². The first-order valence-corrected chi connectivity index (χ1v) is 7.31. The van der Waals surface area contributed by atoms with Crippen LogP contribution in [0, 0.1) is 11.3 Å². The van der Waals surface area contributed by atoms with E-state index in [0.717, 1.165) is 16.3 Å². The van der Waals surface area contributed by atoms with Crippen LogP contribution in [0.5, 0.6) is 0 Å². The highest BCUT2D eigenvalue weighted by Crippen LogP contribution is 2.20. The Hall–Kier alpha value is -2.96. The second-order valence-corrected chi connectivity index (χ2v) is 5.39. The van der Waals surface area contributed by atoms with E-state index in [1.807, 2.05) is 30.3 Å². The predicted molar refractivity (Wildman–Crippen MR) is 91.3 cm³/mol. The molecular weight excluding hydrogens is 308 g/mol. The normalized spacial score (nSPS) is 10.8. The monoisotopic (exact) mass is 318 g/mol. The predicted octanol–water partition coefficient (Wildman–Crippen LogP) is 4.66. The maximum Gasteiger partial charge on any atom is 0.187 e. The summed E-state index contributed by atoms with van der Waals surface area (Å²) < 4.78 is 0. The Morgan fingerprint density at radius 2 is 2.00 bits per heavy atom. The van der Waals surface area contributed by atoms with Gasteiger partial charge in [-0.15, -0.1) is 0 Å². The van der Waals surface area contributed by atoms with Crippen molar-refractivity contribution in [3.8, 4) is 6.07 Å². The maximum absolute atomic E-state index is 12.2. The van der Waals surface area contributed by atoms with Crippen LogP contribution in [0.3, 0.4) is 0 Å². The van der Waals surface area contributed by atoms with Crippen LogP contribution in [0.15, 0.2) is 60.9 Å². The van der Waals surface area contributed by atoms with Gasteiger partial charge in [-0.1, -0.05) is 29.8 Å². The molecule has 0 bridgehead atoms. The summed E-state index contributed by atoms with van der Waals surface area (Å²) in [7, 11) is 0. The molecule has 0 fully saturated rings. The van der Waals surface area contributed by atoms with E-state index in [4.69, 9.17) is 16.9 Å². The average Bonchev–Trinajstić information content (AvgIpc) is 2.59. The first-order valence-electron chi connectivity index (χ1n) is 6.93. The Morgan fingerprint density at radius 3 is 2.78 bits per heavy atom. The minimum Gasteiger partial charge on any atom is -0.289 e. The van der Waals surface area contributed by atoms with Gasteiger partial charge in [0.05, 0.1) is 16.7 Å². The SMILES string of the molecule is N#Cc1ccc(C(=O)/C=C/c2ccc3cnccc3c2)c(Cl)c1. The molecule has 0 aliphatic rings. The summed E-state index contributed by atoms with van der Waals surface area (Å²) in [6, 6.07) is 14.4. The van der Waals surface area contributed by atoms with Gasteiger partial charge < -0.3 is 0 Å². The van der Waals surface area contributed by atoms with Crippen molar-refractivity contribution in [3.05, 3.63) is 82.6 Å². The summed E-state index contributed by atoms with van der Waals surface area (Å²) in [6.45, 7) is 0. The van der Waals surface area contributed by atoms with Gasteiger partial charge in [0.2, 0.25) is 0 Å². The minimum absolute atomic E-state index is 0.200. The van der Waals surface area contributed by atoms with Crippen molar-refractivity contribution < 1.29 is 4.79 Å².